The summed E-state index contributed by atoms with van der Waals surface area (Å²) in [5.74, 6) is -0.895. The molecule has 3 fully saturated rings. The number of amides is 2. The summed E-state index contributed by atoms with van der Waals surface area (Å²) < 4.78 is 9.87. The van der Waals surface area contributed by atoms with Crippen LogP contribution in [0.3, 0.4) is 0 Å². The molecule has 2 amide bonds. The zero-order chi connectivity index (χ0) is 14.4. The maximum Gasteiger partial charge on any atom is 0.411 e. The number of ether oxygens (including phenoxy) is 2. The van der Waals surface area contributed by atoms with Crippen LogP contribution in [0.2, 0.25) is 0 Å². The molecule has 0 aromatic carbocycles. The molecule has 3 unspecified atom stereocenters. The van der Waals surface area contributed by atoms with Crippen LogP contribution in [0.5, 0.6) is 0 Å². The van der Waals surface area contributed by atoms with Gasteiger partial charge in [-0.05, 0) is 20.8 Å². The van der Waals surface area contributed by atoms with E-state index in [9.17, 15) is 14.4 Å². The molecule has 0 aliphatic carbocycles. The lowest BCUT2D eigenvalue weighted by Crippen LogP contribution is -2.77. The van der Waals surface area contributed by atoms with Crippen molar-refractivity contribution in [1.82, 2.24) is 10.2 Å². The summed E-state index contributed by atoms with van der Waals surface area (Å²) in [6, 6.07) is -1.74. The minimum absolute atomic E-state index is 0.344. The van der Waals surface area contributed by atoms with Gasteiger partial charge in [0.1, 0.15) is 17.7 Å². The maximum atomic E-state index is 12.0. The van der Waals surface area contributed by atoms with E-state index in [1.54, 1.807) is 20.8 Å². The smallest absolute Gasteiger partial charge is 0.411 e. The molecular weight excluding hydrogens is 252 g/mol. The topological polar surface area (TPSA) is 84.9 Å². The number of piperazine rings is 1. The van der Waals surface area contributed by atoms with Gasteiger partial charge in [0, 0.05) is 6.42 Å². The number of piperidine rings is 1. The number of hydrogen-bond acceptors (Lipinski definition) is 5. The van der Waals surface area contributed by atoms with E-state index in [1.165, 1.54) is 12.0 Å². The van der Waals surface area contributed by atoms with E-state index in [2.05, 4.69) is 10.1 Å². The molecule has 0 aromatic heterocycles. The second kappa shape index (κ2) is 4.40. The van der Waals surface area contributed by atoms with Crippen LogP contribution < -0.4 is 5.32 Å². The summed E-state index contributed by atoms with van der Waals surface area (Å²) in [6.45, 7) is 5.25. The van der Waals surface area contributed by atoms with Gasteiger partial charge in [0.15, 0.2) is 0 Å². The summed E-state index contributed by atoms with van der Waals surface area (Å²) in [7, 11) is 1.25. The quantitative estimate of drug-likeness (QED) is 0.680. The normalized spacial score (nSPS) is 29.2. The maximum absolute atomic E-state index is 12.0. The molecule has 19 heavy (non-hydrogen) atoms. The fourth-order valence-electron chi connectivity index (χ4n) is 2.34. The monoisotopic (exact) mass is 270 g/mol. The van der Waals surface area contributed by atoms with E-state index in [0.29, 0.717) is 6.42 Å². The molecule has 1 N–H and O–H groups in total. The summed E-state index contributed by atoms with van der Waals surface area (Å²) in [4.78, 5) is 36.7. The Morgan fingerprint density at radius 1 is 1.37 bits per heavy atom. The minimum atomic E-state index is -0.810. The highest BCUT2D eigenvalue weighted by molar-refractivity contribution is 5.95. The Balaban J connectivity index is 2.13. The van der Waals surface area contributed by atoms with Crippen LogP contribution in [-0.2, 0) is 19.1 Å². The third-order valence-corrected chi connectivity index (χ3v) is 3.20. The van der Waals surface area contributed by atoms with Crippen LogP contribution in [0, 0.1) is 0 Å². The van der Waals surface area contributed by atoms with Crippen LogP contribution in [-0.4, -0.2) is 53.7 Å². The molecule has 0 saturated carbocycles. The number of carbonyl (C=O) groups excluding carboxylic acids is 3. The van der Waals surface area contributed by atoms with Gasteiger partial charge in [-0.1, -0.05) is 0 Å². The zero-order valence-corrected chi connectivity index (χ0v) is 11.4. The van der Waals surface area contributed by atoms with E-state index < -0.39 is 29.7 Å². The van der Waals surface area contributed by atoms with Gasteiger partial charge >= 0.3 is 12.1 Å². The third kappa shape index (κ3) is 2.36. The van der Waals surface area contributed by atoms with Crippen molar-refractivity contribution in [2.75, 3.05) is 7.11 Å². The van der Waals surface area contributed by atoms with E-state index >= 15 is 0 Å². The Morgan fingerprint density at radius 2 is 2.00 bits per heavy atom. The average Bonchev–Trinajstić information content (AvgIpc) is 2.23. The number of fused-ring (bicyclic) bond motifs is 2. The molecule has 3 heterocycles. The lowest BCUT2D eigenvalue weighted by atomic mass is 9.82. The second-order valence-corrected chi connectivity index (χ2v) is 5.72. The van der Waals surface area contributed by atoms with Gasteiger partial charge in [-0.25, -0.2) is 9.59 Å². The molecule has 0 aromatic rings. The highest BCUT2D eigenvalue weighted by atomic mass is 16.6. The summed E-state index contributed by atoms with van der Waals surface area (Å²) in [5, 5.41) is 2.55. The van der Waals surface area contributed by atoms with Crippen molar-refractivity contribution in [3.05, 3.63) is 0 Å². The van der Waals surface area contributed by atoms with Gasteiger partial charge in [0.05, 0.1) is 13.2 Å². The molecular formula is C12H18N2O5. The van der Waals surface area contributed by atoms with Gasteiger partial charge in [0.2, 0.25) is 5.91 Å². The van der Waals surface area contributed by atoms with Gasteiger partial charge in [0.25, 0.3) is 0 Å². The van der Waals surface area contributed by atoms with Crippen LogP contribution in [0.4, 0.5) is 4.79 Å². The molecule has 3 aliphatic heterocycles. The second-order valence-electron chi connectivity index (χ2n) is 5.72. The predicted molar refractivity (Wildman–Crippen MR) is 64.2 cm³/mol. The molecule has 106 valence electrons. The van der Waals surface area contributed by atoms with Crippen molar-refractivity contribution in [3.8, 4) is 0 Å². The predicted octanol–water partition coefficient (Wildman–Crippen LogP) is 0.0358. The highest BCUT2D eigenvalue weighted by Gasteiger charge is 2.57. The number of rotatable bonds is 1. The molecule has 3 saturated heterocycles. The van der Waals surface area contributed by atoms with Gasteiger partial charge in [-0.15, -0.1) is 0 Å². The first-order chi connectivity index (χ1) is 8.74. The standard InChI is InChI=1S/C12H18N2O5/c1-12(2,3)19-11(17)14-6-5-7(14)9(15)13-8(6)10(16)18-4/h6-8H,5H2,1-4H3,(H,13,15). The first kappa shape index (κ1) is 13.6. The van der Waals surface area contributed by atoms with Crippen LogP contribution in [0.1, 0.15) is 27.2 Å². The van der Waals surface area contributed by atoms with Gasteiger partial charge in [-0.3, -0.25) is 9.69 Å². The lowest BCUT2D eigenvalue weighted by molar-refractivity contribution is -0.161. The van der Waals surface area contributed by atoms with Crippen molar-refractivity contribution in [3.63, 3.8) is 0 Å². The zero-order valence-electron chi connectivity index (χ0n) is 11.4. The molecule has 3 rings (SSSR count). The lowest BCUT2D eigenvalue weighted by Gasteiger charge is -2.53. The summed E-state index contributed by atoms with van der Waals surface area (Å²) >= 11 is 0. The van der Waals surface area contributed by atoms with Crippen molar-refractivity contribution in [1.29, 1.82) is 0 Å². The van der Waals surface area contributed by atoms with Crippen molar-refractivity contribution in [2.24, 2.45) is 0 Å². The Bertz CT molecular complexity index is 428. The Hall–Kier alpha value is -1.79. The summed E-state index contributed by atoms with van der Waals surface area (Å²) in [5.41, 5.74) is -0.641. The van der Waals surface area contributed by atoms with Gasteiger partial charge in [-0.2, -0.15) is 0 Å². The van der Waals surface area contributed by atoms with E-state index in [4.69, 9.17) is 4.74 Å². The number of nitrogens with one attached hydrogen (secondary N) is 1. The van der Waals surface area contributed by atoms with Crippen LogP contribution >= 0.6 is 0 Å². The molecule has 7 nitrogen and oxygen atoms in total. The Labute approximate surface area is 111 Å². The fourth-order valence-corrected chi connectivity index (χ4v) is 2.34. The Kier molecular flexibility index (Phi) is 3.15. The number of hydrogen-bond donors (Lipinski definition) is 1. The van der Waals surface area contributed by atoms with E-state index in [-0.39, 0.29) is 11.9 Å². The molecule has 0 radical (unpaired) electrons. The van der Waals surface area contributed by atoms with E-state index in [0.717, 1.165) is 0 Å². The van der Waals surface area contributed by atoms with E-state index in [1.807, 2.05) is 0 Å². The molecule has 3 aliphatic rings. The molecule has 7 heteroatoms. The van der Waals surface area contributed by atoms with Crippen molar-refractivity contribution < 1.29 is 23.9 Å². The largest absolute Gasteiger partial charge is 0.467 e. The first-order valence-corrected chi connectivity index (χ1v) is 6.14. The van der Waals surface area contributed by atoms with Crippen LogP contribution in [0.25, 0.3) is 0 Å². The fraction of sp³-hybridized carbons (Fsp3) is 0.750. The SMILES string of the molecule is COC(=O)C1NC(=O)C2CC1N2C(=O)OC(C)(C)C. The van der Waals surface area contributed by atoms with Crippen LogP contribution in [0.15, 0.2) is 0 Å². The number of esters is 1. The molecule has 3 atom stereocenters. The van der Waals surface area contributed by atoms with Crippen molar-refractivity contribution in [2.45, 2.75) is 50.9 Å². The number of carbonyl (C=O) groups is 3. The van der Waals surface area contributed by atoms with Gasteiger partial charge < -0.3 is 14.8 Å². The minimum Gasteiger partial charge on any atom is -0.467 e. The van der Waals surface area contributed by atoms with Crippen molar-refractivity contribution >= 4 is 18.0 Å². The number of nitrogens with zero attached hydrogens (tertiary/aromatic N) is 1. The molecule has 0 spiro atoms. The average molecular weight is 270 g/mol. The number of methoxy groups -OCH3 is 1. The molecule has 2 bridgehead atoms. The third-order valence-electron chi connectivity index (χ3n) is 3.20. The highest BCUT2D eigenvalue weighted by Crippen LogP contribution is 2.34. The Morgan fingerprint density at radius 3 is 2.47 bits per heavy atom. The summed E-state index contributed by atoms with van der Waals surface area (Å²) in [6.07, 6.45) is -0.109. The first-order valence-electron chi connectivity index (χ1n) is 6.14.